The van der Waals surface area contributed by atoms with Crippen LogP contribution in [-0.4, -0.2) is 28.4 Å². The highest BCUT2D eigenvalue weighted by Gasteiger charge is 2.22. The van der Waals surface area contributed by atoms with Crippen molar-refractivity contribution in [2.24, 2.45) is 5.92 Å². The van der Waals surface area contributed by atoms with Crippen molar-refractivity contribution < 1.29 is 14.7 Å². The largest absolute Gasteiger partial charge is 0.477 e. The fourth-order valence-corrected chi connectivity index (χ4v) is 3.59. The number of rotatable bonds is 5. The number of carboxylic acid groups (broad SMARTS) is 1. The van der Waals surface area contributed by atoms with E-state index in [2.05, 4.69) is 6.92 Å². The van der Waals surface area contributed by atoms with E-state index in [1.807, 2.05) is 11.0 Å². The molecule has 1 fully saturated rings. The second-order valence-corrected chi connectivity index (χ2v) is 6.54. The predicted octanol–water partition coefficient (Wildman–Crippen LogP) is 3.38. The number of hydrogen-bond donors (Lipinski definition) is 1. The van der Waals surface area contributed by atoms with E-state index in [0.29, 0.717) is 23.8 Å². The first-order chi connectivity index (χ1) is 9.60. The van der Waals surface area contributed by atoms with E-state index in [1.165, 1.54) is 24.2 Å². The number of carboxylic acids is 1. The zero-order valence-corrected chi connectivity index (χ0v) is 12.6. The average Bonchev–Trinajstić information content (AvgIpc) is 2.81. The lowest BCUT2D eigenvalue weighted by molar-refractivity contribution is -0.131. The molecular formula is C15H21NO3S. The van der Waals surface area contributed by atoms with Gasteiger partial charge in [0.1, 0.15) is 4.88 Å². The molecular weight excluding hydrogens is 274 g/mol. The van der Waals surface area contributed by atoms with Crippen molar-refractivity contribution in [1.82, 2.24) is 4.90 Å². The van der Waals surface area contributed by atoms with Crippen molar-refractivity contribution in [3.8, 4) is 0 Å². The lowest BCUT2D eigenvalue weighted by Crippen LogP contribution is -2.29. The van der Waals surface area contributed by atoms with Crippen LogP contribution in [0, 0.1) is 5.92 Å². The summed E-state index contributed by atoms with van der Waals surface area (Å²) in [5.41, 5.74) is 0. The molecule has 1 N–H and O–H groups in total. The minimum Gasteiger partial charge on any atom is -0.477 e. The molecule has 0 saturated carbocycles. The first-order valence-corrected chi connectivity index (χ1v) is 8.01. The smallest absolute Gasteiger partial charge is 0.345 e. The molecule has 4 nitrogen and oxygen atoms in total. The molecule has 1 saturated heterocycles. The Balaban J connectivity index is 1.97. The number of aromatic carboxylic acids is 1. The van der Waals surface area contributed by atoms with Gasteiger partial charge in [-0.15, -0.1) is 11.3 Å². The summed E-state index contributed by atoms with van der Waals surface area (Å²) in [6, 6.07) is 3.43. The summed E-state index contributed by atoms with van der Waals surface area (Å²) in [5, 5.41) is 8.92. The first-order valence-electron chi connectivity index (χ1n) is 7.20. The highest BCUT2D eigenvalue weighted by molar-refractivity contribution is 7.13. The van der Waals surface area contributed by atoms with Gasteiger partial charge in [0.2, 0.25) is 5.91 Å². The molecule has 0 radical (unpaired) electrons. The van der Waals surface area contributed by atoms with Crippen LogP contribution in [0.2, 0.25) is 0 Å². The molecule has 1 aliphatic rings. The van der Waals surface area contributed by atoms with Gasteiger partial charge in [-0.3, -0.25) is 4.79 Å². The zero-order chi connectivity index (χ0) is 14.5. The average molecular weight is 295 g/mol. The Kier molecular flexibility index (Phi) is 5.17. The van der Waals surface area contributed by atoms with Crippen LogP contribution in [0.4, 0.5) is 0 Å². The van der Waals surface area contributed by atoms with Crippen molar-refractivity contribution >= 4 is 23.2 Å². The van der Waals surface area contributed by atoms with Crippen molar-refractivity contribution in [3.63, 3.8) is 0 Å². The molecule has 2 heterocycles. The number of carbonyl (C=O) groups is 2. The van der Waals surface area contributed by atoms with E-state index >= 15 is 0 Å². The van der Waals surface area contributed by atoms with E-state index in [-0.39, 0.29) is 5.91 Å². The third kappa shape index (κ3) is 3.82. The van der Waals surface area contributed by atoms with Crippen LogP contribution >= 0.6 is 11.3 Å². The van der Waals surface area contributed by atoms with Gasteiger partial charge in [-0.05, 0) is 30.9 Å². The normalized spacial score (nSPS) is 19.9. The van der Waals surface area contributed by atoms with Crippen LogP contribution in [0.3, 0.4) is 0 Å². The topological polar surface area (TPSA) is 57.6 Å². The van der Waals surface area contributed by atoms with Crippen molar-refractivity contribution in [3.05, 3.63) is 21.9 Å². The molecule has 1 aromatic rings. The van der Waals surface area contributed by atoms with Gasteiger partial charge in [-0.1, -0.05) is 19.8 Å². The molecule has 1 unspecified atom stereocenters. The standard InChI is InChI=1S/C15H21NO3S/c1-2-3-11-4-7-14(17)16(9-8-11)10-12-5-6-13(20-12)15(18)19/h5-6,11H,2-4,7-10H2,1H3,(H,18,19). The van der Waals surface area contributed by atoms with Gasteiger partial charge < -0.3 is 10.0 Å². The number of carbonyl (C=O) groups excluding carboxylic acids is 1. The first kappa shape index (κ1) is 15.0. The van der Waals surface area contributed by atoms with Crippen molar-refractivity contribution in [2.45, 2.75) is 45.6 Å². The summed E-state index contributed by atoms with van der Waals surface area (Å²) in [6.07, 6.45) is 5.06. The molecule has 110 valence electrons. The third-order valence-corrected chi connectivity index (χ3v) is 4.90. The quantitative estimate of drug-likeness (QED) is 0.906. The summed E-state index contributed by atoms with van der Waals surface area (Å²) in [7, 11) is 0. The van der Waals surface area contributed by atoms with Gasteiger partial charge in [-0.25, -0.2) is 4.79 Å². The molecule has 1 aromatic heterocycles. The summed E-state index contributed by atoms with van der Waals surface area (Å²) in [5.74, 6) is -0.0350. The minimum absolute atomic E-state index is 0.203. The van der Waals surface area contributed by atoms with Crippen LogP contribution in [0.25, 0.3) is 0 Å². The molecule has 1 atom stereocenters. The van der Waals surface area contributed by atoms with Crippen molar-refractivity contribution in [1.29, 1.82) is 0 Å². The van der Waals surface area contributed by atoms with Crippen LogP contribution in [0.5, 0.6) is 0 Å². The molecule has 1 aliphatic heterocycles. The molecule has 0 bridgehead atoms. The Bertz CT molecular complexity index is 483. The van der Waals surface area contributed by atoms with E-state index in [9.17, 15) is 9.59 Å². The van der Waals surface area contributed by atoms with Crippen LogP contribution in [0.1, 0.15) is 53.6 Å². The number of thiophene rings is 1. The van der Waals surface area contributed by atoms with Gasteiger partial charge in [0.15, 0.2) is 0 Å². The summed E-state index contributed by atoms with van der Waals surface area (Å²) >= 11 is 1.26. The Hall–Kier alpha value is -1.36. The van der Waals surface area contributed by atoms with Crippen LogP contribution in [-0.2, 0) is 11.3 Å². The molecule has 2 rings (SSSR count). The van der Waals surface area contributed by atoms with Gasteiger partial charge in [0.25, 0.3) is 0 Å². The summed E-state index contributed by atoms with van der Waals surface area (Å²) < 4.78 is 0. The number of likely N-dealkylation sites (tertiary alicyclic amines) is 1. The maximum absolute atomic E-state index is 12.1. The molecule has 0 aromatic carbocycles. The monoisotopic (exact) mass is 295 g/mol. The van der Waals surface area contributed by atoms with Crippen molar-refractivity contribution in [2.75, 3.05) is 6.54 Å². The Morgan fingerprint density at radius 2 is 2.25 bits per heavy atom. The number of amides is 1. The lowest BCUT2D eigenvalue weighted by atomic mass is 9.96. The molecule has 0 aliphatic carbocycles. The highest BCUT2D eigenvalue weighted by Crippen LogP contribution is 2.25. The second-order valence-electron chi connectivity index (χ2n) is 5.37. The fourth-order valence-electron chi connectivity index (χ4n) is 2.72. The van der Waals surface area contributed by atoms with Gasteiger partial charge in [0.05, 0.1) is 6.54 Å². The Morgan fingerprint density at radius 1 is 1.45 bits per heavy atom. The molecule has 0 spiro atoms. The van der Waals surface area contributed by atoms with Crippen LogP contribution in [0.15, 0.2) is 12.1 Å². The fraction of sp³-hybridized carbons (Fsp3) is 0.600. The van der Waals surface area contributed by atoms with Gasteiger partial charge in [0, 0.05) is 17.8 Å². The van der Waals surface area contributed by atoms with Gasteiger partial charge in [-0.2, -0.15) is 0 Å². The van der Waals surface area contributed by atoms with E-state index in [0.717, 1.165) is 24.3 Å². The number of nitrogens with zero attached hydrogens (tertiary/aromatic N) is 1. The Morgan fingerprint density at radius 3 is 2.90 bits per heavy atom. The molecule has 1 amide bonds. The lowest BCUT2D eigenvalue weighted by Gasteiger charge is -2.20. The highest BCUT2D eigenvalue weighted by atomic mass is 32.1. The second kappa shape index (κ2) is 6.88. The van der Waals surface area contributed by atoms with Crippen LogP contribution < -0.4 is 0 Å². The summed E-state index contributed by atoms with van der Waals surface area (Å²) in [6.45, 7) is 3.53. The maximum atomic E-state index is 12.1. The van der Waals surface area contributed by atoms with E-state index < -0.39 is 5.97 Å². The van der Waals surface area contributed by atoms with E-state index in [1.54, 1.807) is 6.07 Å². The predicted molar refractivity (Wildman–Crippen MR) is 78.9 cm³/mol. The SMILES string of the molecule is CCCC1CCC(=O)N(Cc2ccc(C(=O)O)s2)CC1. The van der Waals surface area contributed by atoms with E-state index in [4.69, 9.17) is 5.11 Å². The third-order valence-electron chi connectivity index (χ3n) is 3.84. The minimum atomic E-state index is -0.897. The Labute approximate surface area is 123 Å². The molecule has 5 heteroatoms. The summed E-state index contributed by atoms with van der Waals surface area (Å²) in [4.78, 5) is 26.2. The molecule has 20 heavy (non-hydrogen) atoms. The maximum Gasteiger partial charge on any atom is 0.345 e. The number of hydrogen-bond acceptors (Lipinski definition) is 3. The zero-order valence-electron chi connectivity index (χ0n) is 11.8. The van der Waals surface area contributed by atoms with Gasteiger partial charge >= 0.3 is 5.97 Å².